The first-order chi connectivity index (χ1) is 0. The summed E-state index contributed by atoms with van der Waals surface area (Å²) in [6.45, 7) is 0. The Hall–Kier alpha value is 6.16. The molecule has 0 aliphatic heterocycles. The summed E-state index contributed by atoms with van der Waals surface area (Å²) >= 11 is 0. The van der Waals surface area contributed by atoms with Gasteiger partial charge in [0.05, 0.1) is 0 Å². The molecular weight excluding hydrogens is 699 g/mol. The standard InChI is InChI=1S/2Nd.7Ni. The van der Waals surface area contributed by atoms with Crippen LogP contribution in [0.25, 0.3) is 0 Å². The van der Waals surface area contributed by atoms with E-state index in [4.69, 9.17) is 0 Å². The van der Waals surface area contributed by atoms with Crippen molar-refractivity contribution in [1.29, 1.82) is 0 Å². The topological polar surface area (TPSA) is 0 Å². The SMILES string of the molecule is [Nd].[Nd].[Ni].[Ni].[Ni].[Ni].[Ni].[Ni].[Ni]. The molecule has 0 aromatic heterocycles. The molecule has 9 heavy (non-hydrogen) atoms. The second-order valence-corrected chi connectivity index (χ2v) is 0. The summed E-state index contributed by atoms with van der Waals surface area (Å²) in [6.07, 6.45) is 0. The summed E-state index contributed by atoms with van der Waals surface area (Å²) in [7, 11) is 0. The van der Waals surface area contributed by atoms with Gasteiger partial charge in [-0.1, -0.05) is 0 Å². The van der Waals surface area contributed by atoms with Crippen molar-refractivity contribution < 1.29 is 197 Å². The van der Waals surface area contributed by atoms with Crippen LogP contribution in [0.4, 0.5) is 0 Å². The third-order valence-electron chi connectivity index (χ3n) is 0. The summed E-state index contributed by atoms with van der Waals surface area (Å²) in [5.41, 5.74) is 0. The summed E-state index contributed by atoms with van der Waals surface area (Å²) in [4.78, 5) is 0. The molecule has 0 atom stereocenters. The monoisotopic (exact) mass is 689 g/mol. The molecule has 0 bridgehead atoms. The molecule has 0 N–H and O–H groups in total. The van der Waals surface area contributed by atoms with Gasteiger partial charge in [0.25, 0.3) is 0 Å². The maximum absolute atomic E-state index is 0. The third kappa shape index (κ3) is 55.2. The van der Waals surface area contributed by atoms with Gasteiger partial charge in [-0.3, -0.25) is 0 Å². The molecule has 9 heteroatoms. The van der Waals surface area contributed by atoms with Gasteiger partial charge in [-0.15, -0.1) is 0 Å². The molecule has 0 aliphatic carbocycles. The van der Waals surface area contributed by atoms with Crippen molar-refractivity contribution in [3.05, 3.63) is 0 Å². The Morgan fingerprint density at radius 3 is 0.222 bits per heavy atom. The van der Waals surface area contributed by atoms with Crippen LogP contribution >= 0.6 is 0 Å². The van der Waals surface area contributed by atoms with Crippen LogP contribution in [-0.4, -0.2) is 0 Å². The molecule has 0 heterocycles. The second kappa shape index (κ2) is 64.7. The average Bonchev–Trinajstić information content (AvgIpc) is 0. The fourth-order valence-corrected chi connectivity index (χ4v) is 0. The summed E-state index contributed by atoms with van der Waals surface area (Å²) in [5, 5.41) is 0. The van der Waals surface area contributed by atoms with E-state index in [9.17, 15) is 0 Å². The minimum atomic E-state index is 0. The summed E-state index contributed by atoms with van der Waals surface area (Å²) < 4.78 is 0. The van der Waals surface area contributed by atoms with Gasteiger partial charge in [0.2, 0.25) is 0 Å². The maximum Gasteiger partial charge on any atom is 0 e. The van der Waals surface area contributed by atoms with Crippen molar-refractivity contribution >= 4 is 0 Å². The Morgan fingerprint density at radius 1 is 0.222 bits per heavy atom. The fraction of sp³-hybridized carbons (Fsp3) is 0. The molecule has 0 aromatic rings. The fourth-order valence-electron chi connectivity index (χ4n) is 0. The normalized spacial score (nSPS) is 0. The minimum absolute atomic E-state index is 0. The second-order valence-electron chi connectivity index (χ2n) is 0. The Labute approximate surface area is 192 Å². The van der Waals surface area contributed by atoms with Crippen LogP contribution < -0.4 is 0 Å². The Kier molecular flexibility index (Phi) is 576. The van der Waals surface area contributed by atoms with Gasteiger partial charge in [-0.05, 0) is 0 Å². The molecule has 0 fully saturated rings. The zero-order valence-corrected chi connectivity index (χ0v) is 16.5. The largest absolute Gasteiger partial charge is 0 e. The van der Waals surface area contributed by atoms with E-state index < -0.39 is 0 Å². The Bertz CT molecular complexity index is 6.88. The molecule has 0 nitrogen and oxygen atoms in total. The molecule has 78 valence electrons. The van der Waals surface area contributed by atoms with E-state index in [2.05, 4.69) is 0 Å². The van der Waals surface area contributed by atoms with Crippen LogP contribution in [0, 0.1) is 81.7 Å². The van der Waals surface area contributed by atoms with Gasteiger partial charge in [-0.2, -0.15) is 0 Å². The first-order valence-corrected chi connectivity index (χ1v) is 0. The van der Waals surface area contributed by atoms with Gasteiger partial charge in [0.15, 0.2) is 0 Å². The summed E-state index contributed by atoms with van der Waals surface area (Å²) in [6, 6.07) is 0. The molecule has 0 radical (unpaired) electrons. The van der Waals surface area contributed by atoms with Crippen molar-refractivity contribution in [2.24, 2.45) is 0 Å². The van der Waals surface area contributed by atoms with Crippen LogP contribution in [0.15, 0.2) is 0 Å². The predicted molar refractivity (Wildman–Crippen MR) is 0 cm³/mol. The van der Waals surface area contributed by atoms with Crippen LogP contribution in [0.5, 0.6) is 0 Å². The molecule has 0 saturated heterocycles. The van der Waals surface area contributed by atoms with Crippen molar-refractivity contribution in [3.63, 3.8) is 0 Å². The first kappa shape index (κ1) is 80.1. The van der Waals surface area contributed by atoms with Crippen LogP contribution in [0.1, 0.15) is 0 Å². The summed E-state index contributed by atoms with van der Waals surface area (Å²) in [5.74, 6) is 0. The van der Waals surface area contributed by atoms with Crippen LogP contribution in [-0.2, 0) is 115 Å². The average molecular weight is 699 g/mol. The molecule has 0 amide bonds. The van der Waals surface area contributed by atoms with Crippen molar-refractivity contribution in [1.82, 2.24) is 0 Å². The van der Waals surface area contributed by atoms with Crippen molar-refractivity contribution in [2.45, 2.75) is 0 Å². The van der Waals surface area contributed by atoms with Crippen LogP contribution in [0.3, 0.4) is 0 Å². The van der Waals surface area contributed by atoms with Crippen molar-refractivity contribution in [3.8, 4) is 0 Å². The number of rotatable bonds is 0. The van der Waals surface area contributed by atoms with Gasteiger partial charge in [-0.25, -0.2) is 0 Å². The predicted octanol–water partition coefficient (Wildman–Crippen LogP) is -0.0175. The first-order valence-electron chi connectivity index (χ1n) is 0. The van der Waals surface area contributed by atoms with E-state index in [-0.39, 0.29) is 197 Å². The molecule has 0 spiro atoms. The number of hydrogen-bond acceptors (Lipinski definition) is 0. The zero-order valence-electron chi connectivity index (χ0n) is 3.21. The van der Waals surface area contributed by atoms with E-state index in [0.717, 1.165) is 0 Å². The van der Waals surface area contributed by atoms with Crippen molar-refractivity contribution in [2.75, 3.05) is 0 Å². The van der Waals surface area contributed by atoms with Gasteiger partial charge in [0, 0.05) is 197 Å². The van der Waals surface area contributed by atoms with E-state index in [1.165, 1.54) is 0 Å². The van der Waals surface area contributed by atoms with E-state index in [1.54, 1.807) is 0 Å². The molecule has 0 saturated carbocycles. The van der Waals surface area contributed by atoms with E-state index >= 15 is 0 Å². The molecule has 0 unspecified atom stereocenters. The molecule has 0 rings (SSSR count). The van der Waals surface area contributed by atoms with Crippen LogP contribution in [0.2, 0.25) is 0 Å². The quantitative estimate of drug-likeness (QED) is 0.313. The van der Waals surface area contributed by atoms with E-state index in [1.807, 2.05) is 0 Å². The third-order valence-corrected chi connectivity index (χ3v) is 0. The van der Waals surface area contributed by atoms with Gasteiger partial charge >= 0.3 is 0 Å². The smallest absolute Gasteiger partial charge is 0 e. The maximum atomic E-state index is 0. The Morgan fingerprint density at radius 2 is 0.222 bits per heavy atom. The molecule has 0 aliphatic rings. The molecular formula is Nd2Ni7. The van der Waals surface area contributed by atoms with Gasteiger partial charge in [0.1, 0.15) is 0 Å². The number of hydrogen-bond donors (Lipinski definition) is 0. The van der Waals surface area contributed by atoms with E-state index in [0.29, 0.717) is 0 Å². The zero-order chi connectivity index (χ0) is 0. The molecule has 0 aromatic carbocycles. The Balaban J connectivity index is 0. The van der Waals surface area contributed by atoms with Gasteiger partial charge < -0.3 is 0 Å². The minimum Gasteiger partial charge on any atom is 0 e.